The van der Waals surface area contributed by atoms with Gasteiger partial charge in [-0.25, -0.2) is 18.5 Å². The van der Waals surface area contributed by atoms with E-state index in [1.54, 1.807) is 0 Å². The standard InChI is InChI=1S/C17H24N3O14P3/c1-30-15-14(21)12(10-31-36(26,27)34-37(28,29)33-35(23,24)25)32-16(15)20-8-7-13(19-17(20)22)18-9-11-5-3-2-4-6-11/h2-8,12,14-16,21H,9-10H2,1H3,(H,26,27)(H,28,29)(H,18,19,22)(H2,23,24,25)/t12-,14-,15-,16-/m1/s1. The van der Waals surface area contributed by atoms with Crippen LogP contribution in [0.2, 0.25) is 0 Å². The van der Waals surface area contributed by atoms with Crippen LogP contribution in [0.5, 0.6) is 0 Å². The van der Waals surface area contributed by atoms with Crippen molar-refractivity contribution >= 4 is 29.3 Å². The van der Waals surface area contributed by atoms with E-state index in [4.69, 9.17) is 19.3 Å². The van der Waals surface area contributed by atoms with Crippen LogP contribution in [-0.4, -0.2) is 66.3 Å². The van der Waals surface area contributed by atoms with Crippen molar-refractivity contribution in [2.75, 3.05) is 19.0 Å². The minimum Gasteiger partial charge on any atom is -0.387 e. The molecule has 6 N–H and O–H groups in total. The number of anilines is 1. The van der Waals surface area contributed by atoms with Crippen molar-refractivity contribution in [3.05, 3.63) is 58.6 Å². The van der Waals surface area contributed by atoms with Crippen LogP contribution in [0.1, 0.15) is 11.8 Å². The van der Waals surface area contributed by atoms with Crippen LogP contribution in [-0.2, 0) is 42.9 Å². The Morgan fingerprint density at radius 1 is 1.05 bits per heavy atom. The van der Waals surface area contributed by atoms with Crippen molar-refractivity contribution in [2.45, 2.75) is 31.1 Å². The third-order valence-electron chi connectivity index (χ3n) is 4.82. The molecule has 1 fully saturated rings. The number of phosphoric acid groups is 3. The highest BCUT2D eigenvalue weighted by Gasteiger charge is 2.47. The molecule has 1 aliphatic rings. The molecule has 3 rings (SSSR count). The summed E-state index contributed by atoms with van der Waals surface area (Å²) in [6.07, 6.45) is -4.03. The number of phosphoric ester groups is 1. The summed E-state index contributed by atoms with van der Waals surface area (Å²) in [4.78, 5) is 52.5. The molecule has 6 atom stereocenters. The molecular weight excluding hydrogens is 563 g/mol. The van der Waals surface area contributed by atoms with Gasteiger partial charge in [0.05, 0.1) is 6.61 Å². The first-order valence-corrected chi connectivity index (χ1v) is 14.7. The van der Waals surface area contributed by atoms with E-state index in [1.807, 2.05) is 30.3 Å². The van der Waals surface area contributed by atoms with Crippen LogP contribution in [0.3, 0.4) is 0 Å². The largest absolute Gasteiger partial charge is 0.490 e. The van der Waals surface area contributed by atoms with Crippen molar-refractivity contribution in [1.29, 1.82) is 0 Å². The van der Waals surface area contributed by atoms with E-state index < -0.39 is 60.3 Å². The monoisotopic (exact) mass is 587 g/mol. The smallest absolute Gasteiger partial charge is 0.387 e. The summed E-state index contributed by atoms with van der Waals surface area (Å²) >= 11 is 0. The van der Waals surface area contributed by atoms with E-state index in [9.17, 15) is 33.4 Å². The molecule has 0 aliphatic carbocycles. The molecule has 2 aromatic rings. The lowest BCUT2D eigenvalue weighted by Gasteiger charge is -2.20. The van der Waals surface area contributed by atoms with E-state index in [0.29, 0.717) is 6.54 Å². The second-order valence-corrected chi connectivity index (χ2v) is 11.9. The molecular formula is C17H24N3O14P3. The highest BCUT2D eigenvalue weighted by molar-refractivity contribution is 7.66. The Labute approximate surface area is 209 Å². The Balaban J connectivity index is 1.66. The molecule has 0 saturated carbocycles. The fourth-order valence-electron chi connectivity index (χ4n) is 3.30. The molecule has 206 valence electrons. The summed E-state index contributed by atoms with van der Waals surface area (Å²) in [7, 11) is -15.5. The van der Waals surface area contributed by atoms with Gasteiger partial charge in [0, 0.05) is 19.9 Å². The minimum atomic E-state index is -5.72. The lowest BCUT2D eigenvalue weighted by atomic mass is 10.1. The first kappa shape index (κ1) is 29.7. The average molecular weight is 587 g/mol. The number of rotatable bonds is 12. The quantitative estimate of drug-likeness (QED) is 0.185. The van der Waals surface area contributed by atoms with Crippen molar-refractivity contribution in [2.24, 2.45) is 0 Å². The van der Waals surface area contributed by atoms with Gasteiger partial charge in [0.2, 0.25) is 0 Å². The molecule has 37 heavy (non-hydrogen) atoms. The molecule has 1 aliphatic heterocycles. The maximum Gasteiger partial charge on any atom is 0.490 e. The molecule has 0 spiro atoms. The van der Waals surface area contributed by atoms with Gasteiger partial charge in [-0.05, 0) is 11.6 Å². The SMILES string of the molecule is CO[C@@H]1[C@H](O)[C@@H](COP(=O)(O)OP(=O)(O)OP(=O)(O)O)O[C@H]1n1ccc(NCc2ccccc2)nc1=O. The van der Waals surface area contributed by atoms with Crippen molar-refractivity contribution in [3.63, 3.8) is 0 Å². The van der Waals surface area contributed by atoms with Crippen molar-refractivity contribution in [3.8, 4) is 0 Å². The molecule has 17 nitrogen and oxygen atoms in total. The molecule has 1 aromatic heterocycles. The predicted molar refractivity (Wildman–Crippen MR) is 123 cm³/mol. The van der Waals surface area contributed by atoms with E-state index in [-0.39, 0.29) is 5.82 Å². The van der Waals surface area contributed by atoms with Gasteiger partial charge < -0.3 is 39.5 Å². The molecule has 1 aromatic carbocycles. The summed E-state index contributed by atoms with van der Waals surface area (Å²) < 4.78 is 57.6. The number of aromatic nitrogens is 2. The van der Waals surface area contributed by atoms with Crippen LogP contribution in [0.15, 0.2) is 47.4 Å². The first-order chi connectivity index (χ1) is 17.2. The number of methoxy groups -OCH3 is 1. The number of hydrogen-bond donors (Lipinski definition) is 6. The van der Waals surface area contributed by atoms with Gasteiger partial charge in [0.25, 0.3) is 0 Å². The lowest BCUT2D eigenvalue weighted by molar-refractivity contribution is -0.0619. The molecule has 0 radical (unpaired) electrons. The molecule has 20 heteroatoms. The molecule has 2 unspecified atom stereocenters. The second-order valence-electron chi connectivity index (χ2n) is 7.48. The van der Waals surface area contributed by atoms with E-state index in [0.717, 1.165) is 10.1 Å². The van der Waals surface area contributed by atoms with Gasteiger partial charge in [0.15, 0.2) is 6.23 Å². The minimum absolute atomic E-state index is 0.266. The topological polar surface area (TPSA) is 245 Å². The van der Waals surface area contributed by atoms with Gasteiger partial charge in [0.1, 0.15) is 24.1 Å². The number of aliphatic hydroxyl groups is 1. The van der Waals surface area contributed by atoms with Crippen LogP contribution in [0.4, 0.5) is 5.82 Å². The maximum absolute atomic E-state index is 12.6. The van der Waals surface area contributed by atoms with E-state index >= 15 is 0 Å². The van der Waals surface area contributed by atoms with Crippen LogP contribution in [0.25, 0.3) is 0 Å². The highest BCUT2D eigenvalue weighted by atomic mass is 31.3. The van der Waals surface area contributed by atoms with E-state index in [2.05, 4.69) is 23.4 Å². The van der Waals surface area contributed by atoms with Gasteiger partial charge in [-0.15, -0.1) is 0 Å². The molecule has 1 saturated heterocycles. The second kappa shape index (κ2) is 11.9. The zero-order valence-electron chi connectivity index (χ0n) is 18.9. The Morgan fingerprint density at radius 2 is 1.73 bits per heavy atom. The number of ether oxygens (including phenoxy) is 2. The van der Waals surface area contributed by atoms with Crippen LogP contribution < -0.4 is 11.0 Å². The summed E-state index contributed by atoms with van der Waals surface area (Å²) in [5, 5.41) is 13.5. The third-order valence-corrected chi connectivity index (χ3v) is 8.63. The average Bonchev–Trinajstić information content (AvgIpc) is 3.09. The third kappa shape index (κ3) is 8.60. The summed E-state index contributed by atoms with van der Waals surface area (Å²) in [6, 6.07) is 10.8. The number of nitrogens with zero attached hydrogens (tertiary/aromatic N) is 2. The number of nitrogens with one attached hydrogen (secondary N) is 1. The fourth-order valence-corrected chi connectivity index (χ4v) is 6.33. The summed E-state index contributed by atoms with van der Waals surface area (Å²) in [5.41, 5.74) is 0.180. The first-order valence-electron chi connectivity index (χ1n) is 10.2. The van der Waals surface area contributed by atoms with Crippen LogP contribution in [0, 0.1) is 0 Å². The highest BCUT2D eigenvalue weighted by Crippen LogP contribution is 2.66. The Bertz CT molecular complexity index is 1270. The van der Waals surface area contributed by atoms with Gasteiger partial charge in [-0.1, -0.05) is 30.3 Å². The fraction of sp³-hybridized carbons (Fsp3) is 0.412. The normalized spacial score (nSPS) is 25.4. The molecule has 2 heterocycles. The van der Waals surface area contributed by atoms with E-state index in [1.165, 1.54) is 19.4 Å². The summed E-state index contributed by atoms with van der Waals surface area (Å²) in [5.74, 6) is 0.266. The van der Waals surface area contributed by atoms with Gasteiger partial charge in [-0.3, -0.25) is 9.09 Å². The number of hydrogen-bond acceptors (Lipinski definition) is 12. The van der Waals surface area contributed by atoms with Gasteiger partial charge >= 0.3 is 29.2 Å². The number of aliphatic hydroxyl groups excluding tert-OH is 1. The molecule has 0 bridgehead atoms. The number of benzene rings is 1. The predicted octanol–water partition coefficient (Wildman–Crippen LogP) is 0.472. The van der Waals surface area contributed by atoms with Crippen molar-refractivity contribution < 1.29 is 61.0 Å². The lowest BCUT2D eigenvalue weighted by Crippen LogP contribution is -2.37. The zero-order valence-corrected chi connectivity index (χ0v) is 21.6. The van der Waals surface area contributed by atoms with Gasteiger partial charge in [-0.2, -0.15) is 13.6 Å². The Hall–Kier alpha value is -1.81. The summed E-state index contributed by atoms with van der Waals surface area (Å²) in [6.45, 7) is -0.528. The Morgan fingerprint density at radius 3 is 2.32 bits per heavy atom. The maximum atomic E-state index is 12.6. The Kier molecular flexibility index (Phi) is 9.59. The zero-order chi connectivity index (χ0) is 27.4. The van der Waals surface area contributed by atoms with Crippen molar-refractivity contribution in [1.82, 2.24) is 9.55 Å². The van der Waals surface area contributed by atoms with Crippen LogP contribution >= 0.6 is 23.5 Å². The molecule has 0 amide bonds.